The minimum absolute atomic E-state index is 0.144. The maximum Gasteiger partial charge on any atom is 0.238 e. The molecule has 8 nitrogen and oxygen atoms in total. The average molecular weight is 383 g/mol. The summed E-state index contributed by atoms with van der Waals surface area (Å²) >= 11 is 2.60. The number of hydrogen-bond donors (Lipinski definition) is 2. The Morgan fingerprint density at radius 3 is 2.68 bits per heavy atom. The Kier molecular flexibility index (Phi) is 6.94. The highest BCUT2D eigenvalue weighted by Crippen LogP contribution is 2.19. The van der Waals surface area contributed by atoms with Crippen molar-refractivity contribution in [3.63, 3.8) is 0 Å². The second-order valence-corrected chi connectivity index (χ2v) is 8.30. The zero-order chi connectivity index (χ0) is 18.4. The molecule has 10 heteroatoms. The molecule has 0 fully saturated rings. The number of aromatic nitrogens is 3. The molecule has 0 aromatic carbocycles. The van der Waals surface area contributed by atoms with E-state index in [1.165, 1.54) is 23.1 Å². The van der Waals surface area contributed by atoms with E-state index in [1.807, 2.05) is 0 Å². The number of nitrogens with one attached hydrogen (secondary N) is 2. The van der Waals surface area contributed by atoms with Crippen molar-refractivity contribution in [3.05, 3.63) is 16.8 Å². The summed E-state index contributed by atoms with van der Waals surface area (Å²) in [5, 5.41) is 18.0. The molecule has 2 aromatic rings. The lowest BCUT2D eigenvalue weighted by Gasteiger charge is -2.09. The third-order valence-electron chi connectivity index (χ3n) is 3.01. The standard InChI is InChI=1S/C15H21N5O3S2/c1-8(2)5-13-18-19-15(25-13)17-12(21)7-24-10(4)14(22)16-11-6-9(3)23-20-11/h6,8,10H,5,7H2,1-4H3,(H,16,20,22)(H,17,19,21)/t10-/m1/s1. The molecule has 2 aromatic heterocycles. The maximum absolute atomic E-state index is 12.0. The van der Waals surface area contributed by atoms with Crippen LogP contribution in [0.1, 0.15) is 31.5 Å². The second-order valence-electron chi connectivity index (χ2n) is 5.91. The number of aryl methyl sites for hydroxylation is 1. The van der Waals surface area contributed by atoms with E-state index in [2.05, 4.69) is 39.8 Å². The monoisotopic (exact) mass is 383 g/mol. The molecule has 0 saturated carbocycles. The van der Waals surface area contributed by atoms with Crippen molar-refractivity contribution >= 4 is 45.9 Å². The van der Waals surface area contributed by atoms with Gasteiger partial charge in [-0.3, -0.25) is 14.9 Å². The summed E-state index contributed by atoms with van der Waals surface area (Å²) in [6.45, 7) is 7.67. The smallest absolute Gasteiger partial charge is 0.238 e. The van der Waals surface area contributed by atoms with Crippen LogP contribution in [0.4, 0.5) is 10.9 Å². The van der Waals surface area contributed by atoms with Crippen molar-refractivity contribution in [1.29, 1.82) is 0 Å². The minimum atomic E-state index is -0.409. The fourth-order valence-corrected chi connectivity index (χ4v) is 3.47. The van der Waals surface area contributed by atoms with E-state index in [0.29, 0.717) is 22.6 Å². The van der Waals surface area contributed by atoms with Crippen LogP contribution in [0.5, 0.6) is 0 Å². The predicted octanol–water partition coefficient (Wildman–Crippen LogP) is 2.73. The maximum atomic E-state index is 12.0. The van der Waals surface area contributed by atoms with Crippen LogP contribution >= 0.6 is 23.1 Å². The zero-order valence-corrected chi connectivity index (χ0v) is 16.2. The third-order valence-corrected chi connectivity index (χ3v) is 5.01. The van der Waals surface area contributed by atoms with Gasteiger partial charge >= 0.3 is 0 Å². The number of amides is 2. The molecule has 0 aliphatic carbocycles. The van der Waals surface area contributed by atoms with Crippen molar-refractivity contribution < 1.29 is 14.1 Å². The zero-order valence-electron chi connectivity index (χ0n) is 14.5. The number of nitrogens with zero attached hydrogens (tertiary/aromatic N) is 3. The van der Waals surface area contributed by atoms with Crippen LogP contribution in [0.2, 0.25) is 0 Å². The molecule has 2 amide bonds. The van der Waals surface area contributed by atoms with Gasteiger partial charge in [-0.15, -0.1) is 22.0 Å². The minimum Gasteiger partial charge on any atom is -0.360 e. The lowest BCUT2D eigenvalue weighted by Crippen LogP contribution is -2.25. The van der Waals surface area contributed by atoms with Gasteiger partial charge in [-0.2, -0.15) is 0 Å². The summed E-state index contributed by atoms with van der Waals surface area (Å²) < 4.78 is 4.89. The second kappa shape index (κ2) is 8.95. The van der Waals surface area contributed by atoms with Crippen LogP contribution in [0, 0.1) is 12.8 Å². The highest BCUT2D eigenvalue weighted by Gasteiger charge is 2.17. The van der Waals surface area contributed by atoms with Gasteiger partial charge in [0.05, 0.1) is 11.0 Å². The van der Waals surface area contributed by atoms with Gasteiger partial charge in [0, 0.05) is 12.5 Å². The number of hydrogen-bond acceptors (Lipinski definition) is 8. The average Bonchev–Trinajstić information content (AvgIpc) is 3.13. The van der Waals surface area contributed by atoms with Gasteiger partial charge in [-0.25, -0.2) is 0 Å². The molecule has 25 heavy (non-hydrogen) atoms. The van der Waals surface area contributed by atoms with Gasteiger partial charge in [-0.1, -0.05) is 30.3 Å². The van der Waals surface area contributed by atoms with Crippen molar-refractivity contribution in [2.45, 2.75) is 39.4 Å². The van der Waals surface area contributed by atoms with Crippen LogP contribution in [-0.2, 0) is 16.0 Å². The van der Waals surface area contributed by atoms with E-state index in [9.17, 15) is 9.59 Å². The van der Waals surface area contributed by atoms with Crippen LogP contribution in [0.25, 0.3) is 0 Å². The summed E-state index contributed by atoms with van der Waals surface area (Å²) in [5.41, 5.74) is 0. The molecule has 2 rings (SSSR count). The highest BCUT2D eigenvalue weighted by molar-refractivity contribution is 8.01. The van der Waals surface area contributed by atoms with E-state index in [1.54, 1.807) is 19.9 Å². The summed E-state index contributed by atoms with van der Waals surface area (Å²) in [7, 11) is 0. The molecule has 2 N–H and O–H groups in total. The first kappa shape index (κ1) is 19.4. The molecule has 1 atom stereocenters. The lowest BCUT2D eigenvalue weighted by molar-refractivity contribution is -0.115. The van der Waals surface area contributed by atoms with Gasteiger partial charge in [0.1, 0.15) is 10.8 Å². The number of anilines is 2. The molecule has 0 aliphatic rings. The van der Waals surface area contributed by atoms with E-state index in [0.717, 1.165) is 11.4 Å². The normalized spacial score (nSPS) is 12.2. The summed E-state index contributed by atoms with van der Waals surface area (Å²) in [4.78, 5) is 24.0. The first-order valence-corrected chi connectivity index (χ1v) is 9.68. The molecule has 136 valence electrons. The summed E-state index contributed by atoms with van der Waals surface area (Å²) in [6.07, 6.45) is 0.834. The Bertz CT molecular complexity index is 728. The molecule has 2 heterocycles. The number of carbonyl (C=O) groups is 2. The predicted molar refractivity (Wildman–Crippen MR) is 98.9 cm³/mol. The fourth-order valence-electron chi connectivity index (χ4n) is 1.82. The van der Waals surface area contributed by atoms with E-state index < -0.39 is 5.25 Å². The quantitative estimate of drug-likeness (QED) is 0.721. The lowest BCUT2D eigenvalue weighted by atomic mass is 10.1. The van der Waals surface area contributed by atoms with Gasteiger partial charge in [-0.05, 0) is 19.8 Å². The van der Waals surface area contributed by atoms with Crippen LogP contribution < -0.4 is 10.6 Å². The van der Waals surface area contributed by atoms with Crippen molar-refractivity contribution in [3.8, 4) is 0 Å². The molecular formula is C15H21N5O3S2. The van der Waals surface area contributed by atoms with Crippen molar-refractivity contribution in [2.24, 2.45) is 5.92 Å². The first-order chi connectivity index (χ1) is 11.8. The summed E-state index contributed by atoms with van der Waals surface area (Å²) in [6, 6.07) is 1.63. The molecule has 0 spiro atoms. The Morgan fingerprint density at radius 1 is 1.28 bits per heavy atom. The Morgan fingerprint density at radius 2 is 2.04 bits per heavy atom. The summed E-state index contributed by atoms with van der Waals surface area (Å²) in [5.74, 6) is 1.16. The highest BCUT2D eigenvalue weighted by atomic mass is 32.2. The van der Waals surface area contributed by atoms with E-state index in [-0.39, 0.29) is 17.6 Å². The fraction of sp³-hybridized carbons (Fsp3) is 0.533. The van der Waals surface area contributed by atoms with Crippen LogP contribution in [0.15, 0.2) is 10.6 Å². The number of thioether (sulfide) groups is 1. The van der Waals surface area contributed by atoms with Gasteiger partial charge in [0.2, 0.25) is 16.9 Å². The van der Waals surface area contributed by atoms with Gasteiger partial charge in [0.25, 0.3) is 0 Å². The molecule has 0 radical (unpaired) electrons. The van der Waals surface area contributed by atoms with Crippen molar-refractivity contribution in [2.75, 3.05) is 16.4 Å². The Labute approximate surface area is 154 Å². The van der Waals surface area contributed by atoms with Gasteiger partial charge < -0.3 is 9.84 Å². The molecule has 0 bridgehead atoms. The van der Waals surface area contributed by atoms with Crippen LogP contribution in [-0.4, -0.2) is 38.2 Å². The van der Waals surface area contributed by atoms with Gasteiger partial charge in [0.15, 0.2) is 5.82 Å². The first-order valence-electron chi connectivity index (χ1n) is 7.81. The number of rotatable bonds is 8. The topological polar surface area (TPSA) is 110 Å². The molecule has 0 saturated heterocycles. The third kappa shape index (κ3) is 6.46. The Hall–Kier alpha value is -1.94. The molecule has 0 aliphatic heterocycles. The number of carbonyl (C=O) groups excluding carboxylic acids is 2. The van der Waals surface area contributed by atoms with E-state index >= 15 is 0 Å². The Balaban J connectivity index is 1.75. The van der Waals surface area contributed by atoms with Crippen LogP contribution in [0.3, 0.4) is 0 Å². The SMILES string of the molecule is Cc1cc(NC(=O)[C@@H](C)SCC(=O)Nc2nnc(CC(C)C)s2)no1. The molecule has 0 unspecified atom stereocenters. The van der Waals surface area contributed by atoms with E-state index in [4.69, 9.17) is 4.52 Å². The van der Waals surface area contributed by atoms with Crippen molar-refractivity contribution in [1.82, 2.24) is 15.4 Å². The molecular weight excluding hydrogens is 362 g/mol. The largest absolute Gasteiger partial charge is 0.360 e.